The molecule has 82 valence electrons. The van der Waals surface area contributed by atoms with Crippen molar-refractivity contribution in [1.29, 1.82) is 0 Å². The van der Waals surface area contributed by atoms with E-state index in [2.05, 4.69) is 9.68 Å². The number of carbonyl (C=O) groups excluding carboxylic acids is 1. The lowest BCUT2D eigenvalue weighted by Crippen LogP contribution is -2.39. The van der Waals surface area contributed by atoms with Crippen molar-refractivity contribution in [2.75, 3.05) is 13.6 Å². The number of amides is 1. The first-order valence-corrected chi connectivity index (χ1v) is 5.00. The molecule has 2 rings (SSSR count). The van der Waals surface area contributed by atoms with Crippen LogP contribution in [0.4, 0.5) is 0 Å². The van der Waals surface area contributed by atoms with Crippen molar-refractivity contribution in [3.8, 4) is 0 Å². The third-order valence-electron chi connectivity index (χ3n) is 2.75. The van der Waals surface area contributed by atoms with E-state index in [0.29, 0.717) is 18.2 Å². The van der Waals surface area contributed by atoms with Crippen molar-refractivity contribution in [2.24, 2.45) is 5.92 Å². The lowest BCUT2D eigenvalue weighted by molar-refractivity contribution is 0.0263. The normalized spacial score (nSPS) is 24.7. The molecule has 0 spiro atoms. The van der Waals surface area contributed by atoms with Crippen molar-refractivity contribution < 1.29 is 14.4 Å². The van der Waals surface area contributed by atoms with E-state index < -0.39 is 0 Å². The Balaban J connectivity index is 1.86. The number of carbonyl (C=O) groups is 1. The Morgan fingerprint density at radius 3 is 3.00 bits per heavy atom. The summed E-state index contributed by atoms with van der Waals surface area (Å²) in [7, 11) is 1.74. The smallest absolute Gasteiger partial charge is 0.275 e. The molecule has 0 aliphatic heterocycles. The molecule has 0 atom stereocenters. The number of aliphatic hydroxyl groups excluding tert-OH is 1. The summed E-state index contributed by atoms with van der Waals surface area (Å²) < 4.78 is 4.61. The highest BCUT2D eigenvalue weighted by atomic mass is 16.5. The minimum Gasteiger partial charge on any atom is -0.393 e. The fraction of sp³-hybridized carbons (Fsp3) is 0.600. The maximum atomic E-state index is 11.7. The Morgan fingerprint density at radius 1 is 1.73 bits per heavy atom. The van der Waals surface area contributed by atoms with Crippen LogP contribution in [0.3, 0.4) is 0 Å². The number of rotatable bonds is 3. The highest BCUT2D eigenvalue weighted by Gasteiger charge is 2.29. The van der Waals surface area contributed by atoms with Gasteiger partial charge in [-0.1, -0.05) is 5.16 Å². The van der Waals surface area contributed by atoms with Crippen LogP contribution < -0.4 is 0 Å². The van der Waals surface area contributed by atoms with E-state index in [0.717, 1.165) is 12.8 Å². The van der Waals surface area contributed by atoms with E-state index in [9.17, 15) is 4.79 Å². The van der Waals surface area contributed by atoms with E-state index in [-0.39, 0.29) is 12.0 Å². The highest BCUT2D eigenvalue weighted by molar-refractivity contribution is 5.91. The van der Waals surface area contributed by atoms with Crippen molar-refractivity contribution in [1.82, 2.24) is 10.1 Å². The molecule has 0 radical (unpaired) electrons. The average Bonchev–Trinajstić information content (AvgIpc) is 2.66. The topological polar surface area (TPSA) is 66.6 Å². The SMILES string of the molecule is CN(CC1CC(O)C1)C(=O)c1ccon1. The predicted molar refractivity (Wildman–Crippen MR) is 52.2 cm³/mol. The lowest BCUT2D eigenvalue weighted by Gasteiger charge is -2.34. The number of aromatic nitrogens is 1. The summed E-state index contributed by atoms with van der Waals surface area (Å²) in [5, 5.41) is 12.7. The summed E-state index contributed by atoms with van der Waals surface area (Å²) in [5.74, 6) is 0.283. The van der Waals surface area contributed by atoms with Gasteiger partial charge in [-0.3, -0.25) is 4.79 Å². The number of hydrogen-bond acceptors (Lipinski definition) is 4. The number of aliphatic hydroxyl groups is 1. The van der Waals surface area contributed by atoms with E-state index in [4.69, 9.17) is 5.11 Å². The third kappa shape index (κ3) is 2.18. The van der Waals surface area contributed by atoms with Crippen LogP contribution in [0.25, 0.3) is 0 Å². The monoisotopic (exact) mass is 210 g/mol. The highest BCUT2D eigenvalue weighted by Crippen LogP contribution is 2.27. The molecule has 1 aliphatic rings. The second-order valence-corrected chi connectivity index (χ2v) is 4.06. The predicted octanol–water partition coefficient (Wildman–Crippen LogP) is 0.518. The van der Waals surface area contributed by atoms with E-state index in [1.807, 2.05) is 0 Å². The van der Waals surface area contributed by atoms with Crippen LogP contribution in [0.15, 0.2) is 16.9 Å². The molecule has 0 unspecified atom stereocenters. The number of nitrogens with zero attached hydrogens (tertiary/aromatic N) is 2. The van der Waals surface area contributed by atoms with Crippen LogP contribution in [0, 0.1) is 5.92 Å². The maximum absolute atomic E-state index is 11.7. The molecule has 0 aromatic carbocycles. The van der Waals surface area contributed by atoms with Crippen LogP contribution in [0.2, 0.25) is 0 Å². The van der Waals surface area contributed by atoms with Gasteiger partial charge in [-0.25, -0.2) is 0 Å². The van der Waals surface area contributed by atoms with Crippen molar-refractivity contribution in [3.63, 3.8) is 0 Å². The summed E-state index contributed by atoms with van der Waals surface area (Å²) in [6.07, 6.45) is 2.78. The fourth-order valence-electron chi connectivity index (χ4n) is 1.84. The van der Waals surface area contributed by atoms with Gasteiger partial charge in [0, 0.05) is 19.7 Å². The van der Waals surface area contributed by atoms with Gasteiger partial charge >= 0.3 is 0 Å². The zero-order valence-corrected chi connectivity index (χ0v) is 8.59. The maximum Gasteiger partial charge on any atom is 0.275 e. The second-order valence-electron chi connectivity index (χ2n) is 4.06. The van der Waals surface area contributed by atoms with Crippen LogP contribution in [-0.4, -0.2) is 40.8 Å². The molecule has 0 saturated heterocycles. The first-order chi connectivity index (χ1) is 7.16. The summed E-state index contributed by atoms with van der Waals surface area (Å²) in [5.41, 5.74) is 0.331. The number of hydrogen-bond donors (Lipinski definition) is 1. The Kier molecular flexibility index (Phi) is 2.73. The van der Waals surface area contributed by atoms with Crippen molar-refractivity contribution in [3.05, 3.63) is 18.0 Å². The van der Waals surface area contributed by atoms with E-state index in [1.54, 1.807) is 18.0 Å². The van der Waals surface area contributed by atoms with E-state index in [1.165, 1.54) is 6.26 Å². The molecule has 1 heterocycles. The Bertz CT molecular complexity index is 330. The first-order valence-electron chi connectivity index (χ1n) is 5.00. The minimum atomic E-state index is -0.175. The quantitative estimate of drug-likeness (QED) is 0.789. The van der Waals surface area contributed by atoms with Gasteiger partial charge in [-0.2, -0.15) is 0 Å². The van der Waals surface area contributed by atoms with Crippen LogP contribution in [0.1, 0.15) is 23.3 Å². The molecule has 0 bridgehead atoms. The molecule has 1 aliphatic carbocycles. The summed E-state index contributed by atoms with van der Waals surface area (Å²) in [4.78, 5) is 13.3. The summed E-state index contributed by atoms with van der Waals surface area (Å²) in [6.45, 7) is 0.669. The van der Waals surface area contributed by atoms with Gasteiger partial charge in [0.1, 0.15) is 6.26 Å². The molecule has 1 saturated carbocycles. The van der Waals surface area contributed by atoms with Crippen LogP contribution in [0.5, 0.6) is 0 Å². The Morgan fingerprint density at radius 2 is 2.47 bits per heavy atom. The van der Waals surface area contributed by atoms with Crippen molar-refractivity contribution in [2.45, 2.75) is 18.9 Å². The lowest BCUT2D eigenvalue weighted by atomic mass is 9.82. The average molecular weight is 210 g/mol. The Labute approximate surface area is 87.7 Å². The summed E-state index contributed by atoms with van der Waals surface area (Å²) >= 11 is 0. The molecule has 5 nitrogen and oxygen atoms in total. The van der Waals surface area contributed by atoms with Gasteiger partial charge in [-0.15, -0.1) is 0 Å². The Hall–Kier alpha value is -1.36. The molecule has 5 heteroatoms. The standard InChI is InChI=1S/C10H14N2O3/c1-12(6-7-4-8(13)5-7)10(14)9-2-3-15-11-9/h2-3,7-8,13H,4-6H2,1H3. The second kappa shape index (κ2) is 4.02. The fourth-order valence-corrected chi connectivity index (χ4v) is 1.84. The third-order valence-corrected chi connectivity index (χ3v) is 2.75. The van der Waals surface area contributed by atoms with Crippen LogP contribution in [-0.2, 0) is 0 Å². The van der Waals surface area contributed by atoms with Gasteiger partial charge < -0.3 is 14.5 Å². The molecule has 1 amide bonds. The zero-order chi connectivity index (χ0) is 10.8. The van der Waals surface area contributed by atoms with Crippen LogP contribution >= 0.6 is 0 Å². The molecule has 15 heavy (non-hydrogen) atoms. The first kappa shape index (κ1) is 10.2. The largest absolute Gasteiger partial charge is 0.393 e. The van der Waals surface area contributed by atoms with E-state index >= 15 is 0 Å². The molecule has 1 fully saturated rings. The van der Waals surface area contributed by atoms with Gasteiger partial charge in [0.25, 0.3) is 5.91 Å². The molecule has 1 aromatic heterocycles. The molecule has 1 aromatic rings. The zero-order valence-electron chi connectivity index (χ0n) is 8.59. The van der Waals surface area contributed by atoms with Gasteiger partial charge in [-0.05, 0) is 18.8 Å². The van der Waals surface area contributed by atoms with Crippen molar-refractivity contribution >= 4 is 5.91 Å². The molecule has 1 N–H and O–H groups in total. The molecular formula is C10H14N2O3. The van der Waals surface area contributed by atoms with Gasteiger partial charge in [0.15, 0.2) is 5.69 Å². The minimum absolute atomic E-state index is 0.134. The molecular weight excluding hydrogens is 196 g/mol. The van der Waals surface area contributed by atoms with Gasteiger partial charge in [0.05, 0.1) is 6.10 Å². The summed E-state index contributed by atoms with van der Waals surface area (Å²) in [6, 6.07) is 1.55. The van der Waals surface area contributed by atoms with Gasteiger partial charge in [0.2, 0.25) is 0 Å².